The van der Waals surface area contributed by atoms with Crippen molar-refractivity contribution in [2.45, 2.75) is 39.5 Å². The smallest absolute Gasteiger partial charge is 0.410 e. The van der Waals surface area contributed by atoms with E-state index < -0.39 is 17.7 Å². The number of esters is 1. The number of nitrogen functional groups attached to an aromatic ring is 1. The minimum absolute atomic E-state index is 0.114. The molecule has 1 aromatic heterocycles. The molecule has 1 amide bonds. The number of aromatic nitrogens is 2. The van der Waals surface area contributed by atoms with Crippen LogP contribution in [0.1, 0.15) is 37.1 Å². The van der Waals surface area contributed by atoms with Crippen molar-refractivity contribution in [2.75, 3.05) is 19.4 Å². The molecule has 2 rings (SSSR count). The Hall–Kier alpha value is -2.25. The van der Waals surface area contributed by atoms with Crippen molar-refractivity contribution in [1.29, 1.82) is 0 Å². The van der Waals surface area contributed by atoms with E-state index in [1.54, 1.807) is 4.57 Å². The number of ether oxygens (including phenoxy) is 2. The van der Waals surface area contributed by atoms with Gasteiger partial charge in [0.1, 0.15) is 11.4 Å². The molecule has 0 radical (unpaired) electrons. The van der Waals surface area contributed by atoms with Gasteiger partial charge in [0.15, 0.2) is 11.5 Å². The van der Waals surface area contributed by atoms with Crippen molar-refractivity contribution in [3.05, 3.63) is 11.5 Å². The highest BCUT2D eigenvalue weighted by Gasteiger charge is 2.30. The Kier molecular flexibility index (Phi) is 3.80. The van der Waals surface area contributed by atoms with Crippen LogP contribution >= 0.6 is 0 Å². The first-order valence-corrected chi connectivity index (χ1v) is 6.64. The second kappa shape index (κ2) is 5.27. The molecule has 0 atom stereocenters. The van der Waals surface area contributed by atoms with E-state index >= 15 is 0 Å². The molecule has 0 bridgehead atoms. The third-order valence-corrected chi connectivity index (χ3v) is 3.03. The van der Waals surface area contributed by atoms with Crippen molar-refractivity contribution in [1.82, 2.24) is 14.5 Å². The summed E-state index contributed by atoms with van der Waals surface area (Å²) in [6, 6.07) is 0. The number of fused-ring (bicyclic) bond motifs is 1. The predicted molar refractivity (Wildman–Crippen MR) is 74.6 cm³/mol. The topological polar surface area (TPSA) is 99.7 Å². The molecule has 1 aromatic rings. The highest BCUT2D eigenvalue weighted by Crippen LogP contribution is 2.22. The average molecular weight is 296 g/mol. The molecule has 8 heteroatoms. The number of carbonyl (C=O) groups is 2. The van der Waals surface area contributed by atoms with Gasteiger partial charge in [0.25, 0.3) is 0 Å². The van der Waals surface area contributed by atoms with Crippen LogP contribution < -0.4 is 5.73 Å². The normalized spacial score (nSPS) is 14.6. The Labute approximate surface area is 122 Å². The molecule has 1 aliphatic rings. The third-order valence-electron chi connectivity index (χ3n) is 3.03. The van der Waals surface area contributed by atoms with Gasteiger partial charge in [-0.25, -0.2) is 14.6 Å². The summed E-state index contributed by atoms with van der Waals surface area (Å²) in [5, 5.41) is 0. The second-order valence-electron chi connectivity index (χ2n) is 5.81. The number of anilines is 1. The summed E-state index contributed by atoms with van der Waals surface area (Å²) in [6.45, 7) is 6.51. The predicted octanol–water partition coefficient (Wildman–Crippen LogP) is 1.00. The summed E-state index contributed by atoms with van der Waals surface area (Å²) in [5.74, 6) is 0.130. The van der Waals surface area contributed by atoms with Crippen molar-refractivity contribution < 1.29 is 19.1 Å². The fourth-order valence-electron chi connectivity index (χ4n) is 2.15. The molecule has 8 nitrogen and oxygen atoms in total. The second-order valence-corrected chi connectivity index (χ2v) is 5.81. The van der Waals surface area contributed by atoms with E-state index in [0.717, 1.165) is 0 Å². The van der Waals surface area contributed by atoms with Gasteiger partial charge in [-0.15, -0.1) is 0 Å². The van der Waals surface area contributed by atoms with Gasteiger partial charge in [0.05, 0.1) is 13.7 Å². The van der Waals surface area contributed by atoms with Gasteiger partial charge in [0.2, 0.25) is 0 Å². The number of amides is 1. The summed E-state index contributed by atoms with van der Waals surface area (Å²) in [4.78, 5) is 29.4. The van der Waals surface area contributed by atoms with Gasteiger partial charge >= 0.3 is 12.1 Å². The number of hydrogen-bond acceptors (Lipinski definition) is 6. The lowest BCUT2D eigenvalue weighted by Crippen LogP contribution is -2.42. The minimum atomic E-state index is -0.555. The van der Waals surface area contributed by atoms with Crippen LogP contribution in [0.2, 0.25) is 0 Å². The van der Waals surface area contributed by atoms with Crippen LogP contribution in [0.3, 0.4) is 0 Å². The number of carbonyl (C=O) groups excluding carboxylic acids is 2. The standard InChI is InChI=1S/C13H20N4O4/c1-13(2,3)21-12(19)16-5-6-17-8(7-16)15-10(14)9(17)11(18)20-4/h5-7,14H2,1-4H3. The van der Waals surface area contributed by atoms with Gasteiger partial charge in [-0.3, -0.25) is 4.90 Å². The molecule has 116 valence electrons. The van der Waals surface area contributed by atoms with Crippen molar-refractivity contribution >= 4 is 17.9 Å². The van der Waals surface area contributed by atoms with Crippen LogP contribution in [0.25, 0.3) is 0 Å². The Morgan fingerprint density at radius 2 is 1.95 bits per heavy atom. The maximum Gasteiger partial charge on any atom is 0.410 e. The van der Waals surface area contributed by atoms with E-state index in [0.29, 0.717) is 18.9 Å². The van der Waals surface area contributed by atoms with Crippen LogP contribution in [0.4, 0.5) is 10.6 Å². The van der Waals surface area contributed by atoms with Crippen LogP contribution in [-0.4, -0.2) is 45.8 Å². The number of hydrogen-bond donors (Lipinski definition) is 1. The third kappa shape index (κ3) is 3.09. The van der Waals surface area contributed by atoms with Gasteiger partial charge in [-0.05, 0) is 20.8 Å². The van der Waals surface area contributed by atoms with Crippen molar-refractivity contribution in [3.63, 3.8) is 0 Å². The van der Waals surface area contributed by atoms with Gasteiger partial charge in [-0.1, -0.05) is 0 Å². The number of imidazole rings is 1. The van der Waals surface area contributed by atoms with E-state index in [1.165, 1.54) is 12.0 Å². The van der Waals surface area contributed by atoms with E-state index in [4.69, 9.17) is 15.2 Å². The Morgan fingerprint density at radius 3 is 2.52 bits per heavy atom. The first kappa shape index (κ1) is 15.1. The van der Waals surface area contributed by atoms with Gasteiger partial charge in [0, 0.05) is 13.1 Å². The highest BCUT2D eigenvalue weighted by molar-refractivity contribution is 5.92. The summed E-state index contributed by atoms with van der Waals surface area (Å²) in [6.07, 6.45) is -0.407. The Morgan fingerprint density at radius 1 is 1.29 bits per heavy atom. The van der Waals surface area contributed by atoms with E-state index in [1.807, 2.05) is 20.8 Å². The molecule has 0 aliphatic carbocycles. The Bertz CT molecular complexity index is 573. The zero-order chi connectivity index (χ0) is 15.8. The molecular formula is C13H20N4O4. The van der Waals surface area contributed by atoms with E-state index in [2.05, 4.69) is 4.98 Å². The fraction of sp³-hybridized carbons (Fsp3) is 0.615. The molecular weight excluding hydrogens is 276 g/mol. The lowest BCUT2D eigenvalue weighted by Gasteiger charge is -2.30. The van der Waals surface area contributed by atoms with Crippen LogP contribution in [0.5, 0.6) is 0 Å². The molecule has 0 aromatic carbocycles. The average Bonchev–Trinajstić information content (AvgIpc) is 2.70. The van der Waals surface area contributed by atoms with Gasteiger partial charge < -0.3 is 19.8 Å². The van der Waals surface area contributed by atoms with E-state index in [-0.39, 0.29) is 18.1 Å². The van der Waals surface area contributed by atoms with Crippen LogP contribution in [-0.2, 0) is 22.6 Å². The highest BCUT2D eigenvalue weighted by atomic mass is 16.6. The minimum Gasteiger partial charge on any atom is -0.464 e. The number of nitrogens with two attached hydrogens (primary N) is 1. The summed E-state index contributed by atoms with van der Waals surface area (Å²) in [7, 11) is 1.29. The van der Waals surface area contributed by atoms with Crippen LogP contribution in [0.15, 0.2) is 0 Å². The number of rotatable bonds is 1. The first-order chi connectivity index (χ1) is 9.73. The summed E-state index contributed by atoms with van der Waals surface area (Å²) >= 11 is 0. The zero-order valence-electron chi connectivity index (χ0n) is 12.7. The molecule has 21 heavy (non-hydrogen) atoms. The molecule has 0 saturated carbocycles. The van der Waals surface area contributed by atoms with Gasteiger partial charge in [-0.2, -0.15) is 0 Å². The SMILES string of the molecule is COC(=O)c1c(N)nc2n1CCN(C(=O)OC(C)(C)C)C2. The molecule has 1 aliphatic heterocycles. The van der Waals surface area contributed by atoms with E-state index in [9.17, 15) is 9.59 Å². The molecule has 0 fully saturated rings. The maximum atomic E-state index is 12.0. The van der Waals surface area contributed by atoms with Crippen molar-refractivity contribution in [2.24, 2.45) is 0 Å². The maximum absolute atomic E-state index is 12.0. The monoisotopic (exact) mass is 296 g/mol. The fourth-order valence-corrected chi connectivity index (χ4v) is 2.15. The van der Waals surface area contributed by atoms with Crippen molar-refractivity contribution in [3.8, 4) is 0 Å². The number of nitrogens with zero attached hydrogens (tertiary/aromatic N) is 3. The molecule has 0 unspecified atom stereocenters. The summed E-state index contributed by atoms with van der Waals surface area (Å²) < 4.78 is 11.7. The summed E-state index contributed by atoms with van der Waals surface area (Å²) in [5.41, 5.74) is 5.43. The molecule has 2 N–H and O–H groups in total. The van der Waals surface area contributed by atoms with Crippen LogP contribution in [0, 0.1) is 0 Å². The number of methoxy groups -OCH3 is 1. The Balaban J connectivity index is 2.19. The quantitative estimate of drug-likeness (QED) is 0.776. The first-order valence-electron chi connectivity index (χ1n) is 6.64. The molecule has 0 spiro atoms. The zero-order valence-corrected chi connectivity index (χ0v) is 12.7. The lowest BCUT2D eigenvalue weighted by molar-refractivity contribution is 0.0194. The largest absolute Gasteiger partial charge is 0.464 e. The molecule has 0 saturated heterocycles. The lowest BCUT2D eigenvalue weighted by atomic mass is 10.2. The molecule has 2 heterocycles.